The van der Waals surface area contributed by atoms with E-state index in [0.717, 1.165) is 16.9 Å². The molecule has 0 unspecified atom stereocenters. The van der Waals surface area contributed by atoms with Gasteiger partial charge in [-0.05, 0) is 6.92 Å². The van der Waals surface area contributed by atoms with Gasteiger partial charge in [0.15, 0.2) is 0 Å². The van der Waals surface area contributed by atoms with Crippen molar-refractivity contribution in [3.8, 4) is 0 Å². The van der Waals surface area contributed by atoms with Crippen LogP contribution in [0.2, 0.25) is 0 Å². The summed E-state index contributed by atoms with van der Waals surface area (Å²) in [6.07, 6.45) is 0. The third kappa shape index (κ3) is 16.2. The molecule has 0 aromatic rings. The molecule has 0 aliphatic rings. The Kier molecular flexibility index (Phi) is 9.84. The van der Waals surface area contributed by atoms with Gasteiger partial charge < -0.3 is 9.22 Å². The smallest absolute Gasteiger partial charge is 0.333 e. The van der Waals surface area contributed by atoms with E-state index in [4.69, 9.17) is 16.3 Å². The van der Waals surface area contributed by atoms with Crippen LogP contribution in [0.15, 0.2) is 12.2 Å². The van der Waals surface area contributed by atoms with Crippen LogP contribution in [0.5, 0.6) is 0 Å². The van der Waals surface area contributed by atoms with E-state index in [0.29, 0.717) is 12.2 Å². The number of likely N-dealkylation sites (N-methyl/N-ethyl adjacent to an activating group) is 1. The SMILES string of the molecule is C=C(C)C(=O)OCC[N+](C)(C)C.CCCl. The highest BCUT2D eigenvalue weighted by Crippen LogP contribution is 1.94. The first-order valence-electron chi connectivity index (χ1n) is 4.93. The summed E-state index contributed by atoms with van der Waals surface area (Å²) in [6, 6.07) is 0. The lowest BCUT2D eigenvalue weighted by Crippen LogP contribution is -2.38. The molecule has 0 saturated heterocycles. The van der Waals surface area contributed by atoms with E-state index in [1.165, 1.54) is 0 Å². The first-order chi connectivity index (χ1) is 6.74. The van der Waals surface area contributed by atoms with Gasteiger partial charge in [-0.2, -0.15) is 0 Å². The lowest BCUT2D eigenvalue weighted by atomic mass is 10.4. The second-order valence-electron chi connectivity index (χ2n) is 4.20. The van der Waals surface area contributed by atoms with Gasteiger partial charge in [-0.25, -0.2) is 4.79 Å². The van der Waals surface area contributed by atoms with Gasteiger partial charge in [0.1, 0.15) is 13.2 Å². The Balaban J connectivity index is 0. The minimum Gasteiger partial charge on any atom is -0.456 e. The molecule has 0 amide bonds. The van der Waals surface area contributed by atoms with Crippen LogP contribution in [0.1, 0.15) is 13.8 Å². The Bertz CT molecular complexity index is 197. The molecular formula is C11H23ClNO2+. The maximum Gasteiger partial charge on any atom is 0.333 e. The number of hydrogen-bond donors (Lipinski definition) is 0. The van der Waals surface area contributed by atoms with Gasteiger partial charge >= 0.3 is 5.97 Å². The number of halogens is 1. The van der Waals surface area contributed by atoms with Gasteiger partial charge in [0.2, 0.25) is 0 Å². The van der Waals surface area contributed by atoms with Crippen LogP contribution in [0.4, 0.5) is 0 Å². The van der Waals surface area contributed by atoms with E-state index < -0.39 is 0 Å². The Hall–Kier alpha value is -0.540. The van der Waals surface area contributed by atoms with Crippen molar-refractivity contribution in [3.63, 3.8) is 0 Å². The van der Waals surface area contributed by atoms with Gasteiger partial charge in [0.05, 0.1) is 21.1 Å². The first kappa shape index (κ1) is 16.9. The number of carbonyl (C=O) groups excluding carboxylic acids is 1. The summed E-state index contributed by atoms with van der Waals surface area (Å²) >= 11 is 5.00. The monoisotopic (exact) mass is 236 g/mol. The molecule has 0 aromatic heterocycles. The number of rotatable bonds is 4. The topological polar surface area (TPSA) is 26.3 Å². The molecule has 4 heteroatoms. The molecule has 0 spiro atoms. The molecular weight excluding hydrogens is 214 g/mol. The second-order valence-corrected chi connectivity index (χ2v) is 4.73. The van der Waals surface area contributed by atoms with Crippen LogP contribution in [-0.4, -0.2) is 50.6 Å². The summed E-state index contributed by atoms with van der Waals surface area (Å²) < 4.78 is 5.72. The second kappa shape index (κ2) is 8.74. The molecule has 0 N–H and O–H groups in total. The van der Waals surface area contributed by atoms with Crippen molar-refractivity contribution in [3.05, 3.63) is 12.2 Å². The van der Waals surface area contributed by atoms with E-state index in [1.54, 1.807) is 6.92 Å². The van der Waals surface area contributed by atoms with Crippen LogP contribution in [0.25, 0.3) is 0 Å². The van der Waals surface area contributed by atoms with Gasteiger partial charge in [-0.1, -0.05) is 13.5 Å². The Morgan fingerprint density at radius 3 is 2.07 bits per heavy atom. The minimum absolute atomic E-state index is 0.302. The van der Waals surface area contributed by atoms with E-state index >= 15 is 0 Å². The van der Waals surface area contributed by atoms with Crippen molar-refractivity contribution in [1.82, 2.24) is 0 Å². The van der Waals surface area contributed by atoms with Crippen molar-refractivity contribution < 1.29 is 14.0 Å². The lowest BCUT2D eigenvalue weighted by molar-refractivity contribution is -0.870. The van der Waals surface area contributed by atoms with E-state index in [1.807, 2.05) is 6.92 Å². The molecule has 0 atom stereocenters. The maximum absolute atomic E-state index is 10.9. The summed E-state index contributed by atoms with van der Waals surface area (Å²) in [5, 5.41) is 0. The van der Waals surface area contributed by atoms with Crippen molar-refractivity contribution >= 4 is 17.6 Å². The third-order valence-electron chi connectivity index (χ3n) is 1.34. The van der Waals surface area contributed by atoms with Crippen molar-refractivity contribution in [2.45, 2.75) is 13.8 Å². The minimum atomic E-state index is -0.302. The quantitative estimate of drug-likeness (QED) is 0.323. The predicted molar refractivity (Wildman–Crippen MR) is 65.1 cm³/mol. The highest BCUT2D eigenvalue weighted by atomic mass is 35.5. The van der Waals surface area contributed by atoms with Gasteiger partial charge in [0.25, 0.3) is 0 Å². The average Bonchev–Trinajstić information content (AvgIpc) is 2.02. The number of nitrogens with zero attached hydrogens (tertiary/aromatic N) is 1. The van der Waals surface area contributed by atoms with Gasteiger partial charge in [-0.3, -0.25) is 0 Å². The van der Waals surface area contributed by atoms with Crippen molar-refractivity contribution in [2.24, 2.45) is 0 Å². The fourth-order valence-corrected chi connectivity index (χ4v) is 0.535. The van der Waals surface area contributed by atoms with Crippen molar-refractivity contribution in [1.29, 1.82) is 0 Å². The van der Waals surface area contributed by atoms with Crippen LogP contribution >= 0.6 is 11.6 Å². The first-order valence-corrected chi connectivity index (χ1v) is 5.47. The molecule has 0 aliphatic carbocycles. The molecule has 0 aromatic carbocycles. The zero-order chi connectivity index (χ0) is 12.5. The zero-order valence-electron chi connectivity index (χ0n) is 10.5. The summed E-state index contributed by atoms with van der Waals surface area (Å²) in [6.45, 7) is 8.30. The fourth-order valence-electron chi connectivity index (χ4n) is 0.535. The fraction of sp³-hybridized carbons (Fsp3) is 0.727. The third-order valence-corrected chi connectivity index (χ3v) is 1.34. The number of esters is 1. The number of quaternary nitrogens is 1. The molecule has 0 aliphatic heterocycles. The Morgan fingerprint density at radius 1 is 1.40 bits per heavy atom. The predicted octanol–water partition coefficient (Wildman–Crippen LogP) is 2.06. The normalized spacial score (nSPS) is 10.0. The number of alkyl halides is 1. The molecule has 0 saturated carbocycles. The number of hydrogen-bond acceptors (Lipinski definition) is 2. The van der Waals surface area contributed by atoms with Gasteiger partial charge in [0, 0.05) is 11.5 Å². The molecule has 0 bridgehead atoms. The molecule has 0 heterocycles. The van der Waals surface area contributed by atoms with Crippen LogP contribution in [0.3, 0.4) is 0 Å². The van der Waals surface area contributed by atoms with Crippen LogP contribution in [0, 0.1) is 0 Å². The van der Waals surface area contributed by atoms with E-state index in [9.17, 15) is 4.79 Å². The van der Waals surface area contributed by atoms with E-state index in [2.05, 4.69) is 27.7 Å². The molecule has 0 rings (SSSR count). The summed E-state index contributed by atoms with van der Waals surface area (Å²) in [7, 11) is 6.15. The number of carbonyl (C=O) groups is 1. The standard InChI is InChI=1S/C9H18NO2.C2H5Cl/c1-8(2)9(11)12-7-6-10(3,4)5;1-2-3/h1,6-7H2,2-5H3;2H2,1H3/q+1;. The summed E-state index contributed by atoms with van der Waals surface area (Å²) in [4.78, 5) is 10.9. The van der Waals surface area contributed by atoms with Crippen LogP contribution in [-0.2, 0) is 9.53 Å². The zero-order valence-corrected chi connectivity index (χ0v) is 11.2. The molecule has 3 nitrogen and oxygen atoms in total. The maximum atomic E-state index is 10.9. The molecule has 0 radical (unpaired) electrons. The van der Waals surface area contributed by atoms with Gasteiger partial charge in [-0.15, -0.1) is 11.6 Å². The highest BCUT2D eigenvalue weighted by Gasteiger charge is 2.09. The Morgan fingerprint density at radius 2 is 1.80 bits per heavy atom. The largest absolute Gasteiger partial charge is 0.456 e. The molecule has 0 fully saturated rings. The van der Waals surface area contributed by atoms with Crippen molar-refractivity contribution in [2.75, 3.05) is 40.2 Å². The molecule has 15 heavy (non-hydrogen) atoms. The highest BCUT2D eigenvalue weighted by molar-refractivity contribution is 6.17. The average molecular weight is 237 g/mol. The summed E-state index contributed by atoms with van der Waals surface area (Å²) in [5.74, 6) is 0.420. The Labute approximate surface area is 98.3 Å². The number of ether oxygens (including phenoxy) is 1. The van der Waals surface area contributed by atoms with Crippen LogP contribution < -0.4 is 0 Å². The lowest BCUT2D eigenvalue weighted by Gasteiger charge is -2.23. The molecule has 90 valence electrons. The van der Waals surface area contributed by atoms with E-state index in [-0.39, 0.29) is 5.97 Å². The summed E-state index contributed by atoms with van der Waals surface area (Å²) in [5.41, 5.74) is 0.455.